The van der Waals surface area contributed by atoms with Crippen molar-refractivity contribution in [1.82, 2.24) is 19.7 Å². The molecule has 1 aliphatic heterocycles. The fourth-order valence-electron chi connectivity index (χ4n) is 3.71. The Morgan fingerprint density at radius 1 is 1.13 bits per heavy atom. The van der Waals surface area contributed by atoms with Gasteiger partial charge in [-0.05, 0) is 42.0 Å². The van der Waals surface area contributed by atoms with Gasteiger partial charge >= 0.3 is 6.18 Å². The molecule has 0 atom stereocenters. The van der Waals surface area contributed by atoms with Crippen LogP contribution in [-0.4, -0.2) is 44.8 Å². The van der Waals surface area contributed by atoms with E-state index >= 15 is 0 Å². The highest BCUT2D eigenvalue weighted by atomic mass is 19.4. The predicted molar refractivity (Wildman–Crippen MR) is 106 cm³/mol. The quantitative estimate of drug-likeness (QED) is 0.630. The average Bonchev–Trinajstić information content (AvgIpc) is 3.05. The van der Waals surface area contributed by atoms with E-state index < -0.39 is 18.5 Å². The van der Waals surface area contributed by atoms with Crippen LogP contribution in [0.5, 0.6) is 0 Å². The molecule has 0 fully saturated rings. The summed E-state index contributed by atoms with van der Waals surface area (Å²) in [7, 11) is 0. The molecule has 0 radical (unpaired) electrons. The predicted octanol–water partition coefficient (Wildman–Crippen LogP) is 4.09. The van der Waals surface area contributed by atoms with E-state index in [1.807, 2.05) is 0 Å². The summed E-state index contributed by atoms with van der Waals surface area (Å²) in [5.41, 5.74) is 3.07. The Kier molecular flexibility index (Phi) is 5.48. The third-order valence-corrected chi connectivity index (χ3v) is 4.93. The first-order valence-electron chi connectivity index (χ1n) is 9.58. The van der Waals surface area contributed by atoms with E-state index in [2.05, 4.69) is 15.4 Å². The number of fused-ring (bicyclic) bond motifs is 1. The Morgan fingerprint density at radius 3 is 2.55 bits per heavy atom. The first kappa shape index (κ1) is 21.0. The molecule has 1 aromatic carbocycles. The molecule has 1 aliphatic rings. The summed E-state index contributed by atoms with van der Waals surface area (Å²) in [5, 5.41) is 7.23. The lowest BCUT2D eigenvalue weighted by Crippen LogP contribution is -2.40. The van der Waals surface area contributed by atoms with Crippen molar-refractivity contribution in [3.05, 3.63) is 54.1 Å². The number of benzene rings is 1. The van der Waals surface area contributed by atoms with Crippen LogP contribution in [0.1, 0.15) is 12.6 Å². The summed E-state index contributed by atoms with van der Waals surface area (Å²) in [5.74, 6) is -0.378. The SMILES string of the molecule is CC(=O)Nc1cc(-c2c(-c3ccc(F)cc3)nn3c2CN(CC(F)(F)F)CC3)ccn1. The lowest BCUT2D eigenvalue weighted by atomic mass is 9.98. The van der Waals surface area contributed by atoms with E-state index in [-0.39, 0.29) is 19.0 Å². The van der Waals surface area contributed by atoms with E-state index in [4.69, 9.17) is 0 Å². The monoisotopic (exact) mass is 433 g/mol. The minimum atomic E-state index is -4.31. The molecule has 6 nitrogen and oxygen atoms in total. The number of carbonyl (C=O) groups excluding carboxylic acids is 1. The van der Waals surface area contributed by atoms with Crippen LogP contribution in [0.3, 0.4) is 0 Å². The van der Waals surface area contributed by atoms with E-state index in [9.17, 15) is 22.4 Å². The summed E-state index contributed by atoms with van der Waals surface area (Å²) in [4.78, 5) is 16.9. The third kappa shape index (κ3) is 4.74. The lowest BCUT2D eigenvalue weighted by Gasteiger charge is -2.28. The number of aromatic nitrogens is 3. The van der Waals surface area contributed by atoms with Gasteiger partial charge in [-0.2, -0.15) is 18.3 Å². The molecule has 0 saturated heterocycles. The third-order valence-electron chi connectivity index (χ3n) is 4.93. The standard InChI is InChI=1S/C21H19F4N5O/c1-13(31)27-18-10-15(6-7-26-18)19-17-11-29(12-21(23,24)25)8-9-30(17)28-20(19)14-2-4-16(22)5-3-14/h2-7,10H,8-9,11-12H2,1H3,(H,26,27,31). The lowest BCUT2D eigenvalue weighted by molar-refractivity contribution is -0.148. The second-order valence-electron chi connectivity index (χ2n) is 7.34. The van der Waals surface area contributed by atoms with Crippen LogP contribution in [-0.2, 0) is 17.9 Å². The second-order valence-corrected chi connectivity index (χ2v) is 7.34. The molecule has 1 N–H and O–H groups in total. The maximum absolute atomic E-state index is 13.4. The van der Waals surface area contributed by atoms with Gasteiger partial charge in [-0.15, -0.1) is 0 Å². The van der Waals surface area contributed by atoms with Crippen molar-refractivity contribution >= 4 is 11.7 Å². The summed E-state index contributed by atoms with van der Waals surface area (Å²) in [6.07, 6.45) is -2.80. The van der Waals surface area contributed by atoms with Crippen molar-refractivity contribution in [2.75, 3.05) is 18.4 Å². The number of halogens is 4. The molecule has 4 rings (SSSR count). The van der Waals surface area contributed by atoms with Gasteiger partial charge in [0, 0.05) is 37.3 Å². The molecule has 162 valence electrons. The number of rotatable bonds is 4. The van der Waals surface area contributed by atoms with Gasteiger partial charge in [0.2, 0.25) is 5.91 Å². The van der Waals surface area contributed by atoms with Crippen molar-refractivity contribution in [3.63, 3.8) is 0 Å². The van der Waals surface area contributed by atoms with Crippen LogP contribution in [0.25, 0.3) is 22.4 Å². The average molecular weight is 433 g/mol. The highest BCUT2D eigenvalue weighted by molar-refractivity contribution is 5.89. The van der Waals surface area contributed by atoms with Crippen molar-refractivity contribution in [1.29, 1.82) is 0 Å². The Hall–Kier alpha value is -3.27. The van der Waals surface area contributed by atoms with Gasteiger partial charge in [-0.1, -0.05) is 0 Å². The number of pyridine rings is 1. The maximum atomic E-state index is 13.4. The first-order valence-corrected chi connectivity index (χ1v) is 9.58. The number of carbonyl (C=O) groups is 1. The molecule has 0 saturated carbocycles. The molecule has 2 aromatic heterocycles. The second kappa shape index (κ2) is 8.10. The van der Waals surface area contributed by atoms with Gasteiger partial charge < -0.3 is 5.32 Å². The first-order chi connectivity index (χ1) is 14.7. The number of hydrogen-bond acceptors (Lipinski definition) is 4. The van der Waals surface area contributed by atoms with Crippen molar-refractivity contribution in [2.45, 2.75) is 26.2 Å². The van der Waals surface area contributed by atoms with Gasteiger partial charge in [-0.3, -0.25) is 14.4 Å². The Labute approximate surface area is 175 Å². The minimum Gasteiger partial charge on any atom is -0.311 e. The van der Waals surface area contributed by atoms with Gasteiger partial charge in [0.05, 0.1) is 18.8 Å². The normalized spacial score (nSPS) is 14.4. The van der Waals surface area contributed by atoms with Crippen molar-refractivity contribution < 1.29 is 22.4 Å². The van der Waals surface area contributed by atoms with Crippen LogP contribution in [0, 0.1) is 5.82 Å². The van der Waals surface area contributed by atoms with E-state index in [1.54, 1.807) is 28.9 Å². The fraction of sp³-hybridized carbons (Fsp3) is 0.286. The number of anilines is 1. The largest absolute Gasteiger partial charge is 0.401 e. The molecular weight excluding hydrogens is 414 g/mol. The molecule has 0 spiro atoms. The van der Waals surface area contributed by atoms with Crippen LogP contribution >= 0.6 is 0 Å². The summed E-state index contributed by atoms with van der Waals surface area (Å²) >= 11 is 0. The topological polar surface area (TPSA) is 63.1 Å². The van der Waals surface area contributed by atoms with E-state index in [1.165, 1.54) is 30.2 Å². The van der Waals surface area contributed by atoms with Gasteiger partial charge in [0.15, 0.2) is 0 Å². The summed E-state index contributed by atoms with van der Waals surface area (Å²) in [6.45, 7) is 0.903. The van der Waals surface area contributed by atoms with Crippen LogP contribution in [0.2, 0.25) is 0 Å². The van der Waals surface area contributed by atoms with Crippen molar-refractivity contribution in [3.8, 4) is 22.4 Å². The summed E-state index contributed by atoms with van der Waals surface area (Å²) < 4.78 is 54.1. The highest BCUT2D eigenvalue weighted by Gasteiger charge is 2.34. The zero-order chi connectivity index (χ0) is 22.2. The molecule has 31 heavy (non-hydrogen) atoms. The zero-order valence-electron chi connectivity index (χ0n) is 16.6. The molecule has 1 amide bonds. The Bertz CT molecular complexity index is 1110. The Balaban J connectivity index is 1.83. The van der Waals surface area contributed by atoms with Crippen molar-refractivity contribution in [2.24, 2.45) is 0 Å². The molecule has 0 aliphatic carbocycles. The number of hydrogen-bond donors (Lipinski definition) is 1. The van der Waals surface area contributed by atoms with Crippen LogP contribution in [0.15, 0.2) is 42.6 Å². The molecule has 3 heterocycles. The smallest absolute Gasteiger partial charge is 0.311 e. The van der Waals surface area contributed by atoms with Gasteiger partial charge in [-0.25, -0.2) is 9.37 Å². The van der Waals surface area contributed by atoms with E-state index in [0.29, 0.717) is 40.4 Å². The maximum Gasteiger partial charge on any atom is 0.401 e. The molecular formula is C21H19F4N5O. The van der Waals surface area contributed by atoms with E-state index in [0.717, 1.165) is 0 Å². The molecule has 3 aromatic rings. The van der Waals surface area contributed by atoms with Gasteiger partial charge in [0.1, 0.15) is 17.3 Å². The highest BCUT2D eigenvalue weighted by Crippen LogP contribution is 2.37. The fourth-order valence-corrected chi connectivity index (χ4v) is 3.71. The zero-order valence-corrected chi connectivity index (χ0v) is 16.6. The molecule has 10 heteroatoms. The molecule has 0 unspecified atom stereocenters. The number of alkyl halides is 3. The number of nitrogens with one attached hydrogen (secondary N) is 1. The number of nitrogens with zero attached hydrogens (tertiary/aromatic N) is 4. The summed E-state index contributed by atoms with van der Waals surface area (Å²) in [6, 6.07) is 9.13. The molecule has 0 bridgehead atoms. The Morgan fingerprint density at radius 2 is 1.87 bits per heavy atom. The minimum absolute atomic E-state index is 0.0564. The van der Waals surface area contributed by atoms with Crippen LogP contribution < -0.4 is 5.32 Å². The number of amides is 1. The van der Waals surface area contributed by atoms with Crippen LogP contribution in [0.4, 0.5) is 23.4 Å². The van der Waals surface area contributed by atoms with Gasteiger partial charge in [0.25, 0.3) is 0 Å².